The Morgan fingerprint density at radius 3 is 2.88 bits per heavy atom. The van der Waals surface area contributed by atoms with Crippen LogP contribution in [0.15, 0.2) is 46.9 Å². The second-order valence-corrected chi connectivity index (χ2v) is 8.33. The lowest BCUT2D eigenvalue weighted by atomic mass is 10.2. The molecule has 26 heavy (non-hydrogen) atoms. The highest BCUT2D eigenvalue weighted by Crippen LogP contribution is 2.25. The SMILES string of the molecule is CN(C)c1ccc([C@H]2[NH2+]C[C@H](CSc3n[nH]c(-c4cccs4)n3)O2)cc1. The van der Waals surface area contributed by atoms with E-state index in [-0.39, 0.29) is 12.3 Å². The number of aromatic amines is 1. The minimum absolute atomic E-state index is 0.0747. The molecule has 8 heteroatoms. The number of quaternary nitrogens is 1. The molecular weight excluding hydrogens is 366 g/mol. The van der Waals surface area contributed by atoms with Crippen molar-refractivity contribution in [2.75, 3.05) is 31.3 Å². The molecule has 4 rings (SSSR count). The van der Waals surface area contributed by atoms with E-state index in [9.17, 15) is 0 Å². The first-order valence-electron chi connectivity index (χ1n) is 8.54. The number of aromatic nitrogens is 3. The summed E-state index contributed by atoms with van der Waals surface area (Å²) in [6.07, 6.45) is 0.271. The highest BCUT2D eigenvalue weighted by Gasteiger charge is 2.30. The minimum Gasteiger partial charge on any atom is -0.378 e. The molecule has 3 aromatic rings. The van der Waals surface area contributed by atoms with Gasteiger partial charge in [0.05, 0.1) is 4.88 Å². The van der Waals surface area contributed by atoms with Gasteiger partial charge in [0.1, 0.15) is 12.6 Å². The first-order valence-corrected chi connectivity index (χ1v) is 10.4. The summed E-state index contributed by atoms with van der Waals surface area (Å²) in [6, 6.07) is 12.6. The van der Waals surface area contributed by atoms with Gasteiger partial charge in [-0.25, -0.2) is 4.98 Å². The largest absolute Gasteiger partial charge is 0.378 e. The molecule has 3 heterocycles. The van der Waals surface area contributed by atoms with E-state index in [2.05, 4.69) is 49.7 Å². The number of hydrogen-bond acceptors (Lipinski definition) is 6. The second-order valence-electron chi connectivity index (χ2n) is 6.39. The molecular formula is C18H22N5OS2+. The first-order chi connectivity index (χ1) is 12.7. The lowest BCUT2D eigenvalue weighted by Gasteiger charge is -2.14. The van der Waals surface area contributed by atoms with Gasteiger partial charge in [-0.3, -0.25) is 5.10 Å². The molecule has 1 aliphatic rings. The summed E-state index contributed by atoms with van der Waals surface area (Å²) in [5.74, 6) is 1.69. The summed E-state index contributed by atoms with van der Waals surface area (Å²) in [7, 11) is 4.10. The molecule has 0 spiro atoms. The Hall–Kier alpha value is -1.87. The van der Waals surface area contributed by atoms with Gasteiger partial charge in [-0.1, -0.05) is 17.8 Å². The molecule has 0 saturated carbocycles. The van der Waals surface area contributed by atoms with E-state index in [1.54, 1.807) is 23.1 Å². The van der Waals surface area contributed by atoms with Crippen LogP contribution in [0.2, 0.25) is 0 Å². The van der Waals surface area contributed by atoms with Crippen molar-refractivity contribution in [1.82, 2.24) is 15.2 Å². The second kappa shape index (κ2) is 7.79. The first kappa shape index (κ1) is 17.5. The number of nitrogens with zero attached hydrogens (tertiary/aromatic N) is 3. The van der Waals surface area contributed by atoms with Gasteiger partial charge in [0.25, 0.3) is 0 Å². The quantitative estimate of drug-likeness (QED) is 0.635. The number of nitrogens with two attached hydrogens (primary N) is 1. The molecule has 1 fully saturated rings. The number of benzene rings is 1. The van der Waals surface area contributed by atoms with Gasteiger partial charge in [0.15, 0.2) is 5.82 Å². The molecule has 0 amide bonds. The van der Waals surface area contributed by atoms with Gasteiger partial charge in [-0.05, 0) is 35.7 Å². The maximum absolute atomic E-state index is 6.19. The van der Waals surface area contributed by atoms with E-state index in [1.807, 2.05) is 31.6 Å². The molecule has 1 saturated heterocycles. The Kier molecular flexibility index (Phi) is 5.26. The number of ether oxygens (including phenoxy) is 1. The van der Waals surface area contributed by atoms with Gasteiger partial charge in [0, 0.05) is 31.1 Å². The molecule has 2 atom stereocenters. The summed E-state index contributed by atoms with van der Waals surface area (Å²) in [6.45, 7) is 0.954. The fourth-order valence-corrected chi connectivity index (χ4v) is 4.36. The predicted octanol–water partition coefficient (Wildman–Crippen LogP) is 2.35. The van der Waals surface area contributed by atoms with Crippen LogP contribution in [-0.2, 0) is 4.74 Å². The van der Waals surface area contributed by atoms with E-state index < -0.39 is 0 Å². The molecule has 3 N–H and O–H groups in total. The molecule has 0 unspecified atom stereocenters. The van der Waals surface area contributed by atoms with Gasteiger partial charge < -0.3 is 15.0 Å². The van der Waals surface area contributed by atoms with Crippen LogP contribution in [-0.4, -0.2) is 47.7 Å². The van der Waals surface area contributed by atoms with Crippen molar-refractivity contribution in [3.63, 3.8) is 0 Å². The zero-order chi connectivity index (χ0) is 17.9. The molecule has 1 aromatic carbocycles. The third kappa shape index (κ3) is 3.93. The van der Waals surface area contributed by atoms with Crippen molar-refractivity contribution in [3.8, 4) is 10.7 Å². The Balaban J connectivity index is 1.30. The third-order valence-corrected chi connectivity index (χ3v) is 6.16. The van der Waals surface area contributed by atoms with E-state index in [1.165, 1.54) is 11.3 Å². The van der Waals surface area contributed by atoms with Crippen LogP contribution in [0.5, 0.6) is 0 Å². The van der Waals surface area contributed by atoms with Crippen LogP contribution in [0, 0.1) is 0 Å². The maximum Gasteiger partial charge on any atom is 0.217 e. The van der Waals surface area contributed by atoms with Crippen LogP contribution in [0.1, 0.15) is 11.8 Å². The Morgan fingerprint density at radius 1 is 1.31 bits per heavy atom. The highest BCUT2D eigenvalue weighted by atomic mass is 32.2. The molecule has 0 aliphatic carbocycles. The molecule has 0 radical (unpaired) electrons. The summed E-state index contributed by atoms with van der Waals surface area (Å²) < 4.78 is 6.19. The van der Waals surface area contributed by atoms with Crippen LogP contribution >= 0.6 is 23.1 Å². The fraction of sp³-hybridized carbons (Fsp3) is 0.333. The van der Waals surface area contributed by atoms with E-state index >= 15 is 0 Å². The molecule has 1 aliphatic heterocycles. The zero-order valence-corrected chi connectivity index (χ0v) is 16.4. The third-order valence-electron chi connectivity index (χ3n) is 4.31. The monoisotopic (exact) mass is 388 g/mol. The summed E-state index contributed by atoms with van der Waals surface area (Å²) >= 11 is 3.30. The Morgan fingerprint density at radius 2 is 2.15 bits per heavy atom. The maximum atomic E-state index is 6.19. The van der Waals surface area contributed by atoms with Crippen LogP contribution < -0.4 is 10.2 Å². The van der Waals surface area contributed by atoms with Crippen LogP contribution in [0.4, 0.5) is 5.69 Å². The molecule has 0 bridgehead atoms. The number of anilines is 1. The van der Waals surface area contributed by atoms with Crippen molar-refractivity contribution in [3.05, 3.63) is 47.3 Å². The lowest BCUT2D eigenvalue weighted by molar-refractivity contribution is -0.697. The van der Waals surface area contributed by atoms with Crippen molar-refractivity contribution in [2.45, 2.75) is 17.5 Å². The van der Waals surface area contributed by atoms with E-state index in [4.69, 9.17) is 4.74 Å². The van der Waals surface area contributed by atoms with Crippen molar-refractivity contribution in [1.29, 1.82) is 0 Å². The smallest absolute Gasteiger partial charge is 0.217 e. The number of rotatable bonds is 6. The lowest BCUT2D eigenvalue weighted by Crippen LogP contribution is -2.82. The molecule has 2 aromatic heterocycles. The van der Waals surface area contributed by atoms with Crippen molar-refractivity contribution in [2.24, 2.45) is 0 Å². The van der Waals surface area contributed by atoms with Crippen LogP contribution in [0.3, 0.4) is 0 Å². The Labute approximate surface area is 161 Å². The summed E-state index contributed by atoms with van der Waals surface area (Å²) in [4.78, 5) is 7.76. The van der Waals surface area contributed by atoms with Crippen LogP contribution in [0.25, 0.3) is 10.7 Å². The minimum atomic E-state index is 0.0747. The summed E-state index contributed by atoms with van der Waals surface area (Å²) in [5, 5.41) is 12.4. The standard InChI is InChI=1S/C18H21N5OS2/c1-23(2)13-7-5-12(6-8-13)17-19-10-14(24-17)11-26-18-20-16(21-22-18)15-4-3-9-25-15/h3-9,14,17,19H,10-11H2,1-2H3,(H,20,21,22)/p+1/t14-,17+/m1/s1. The topological polar surface area (TPSA) is 70.7 Å². The van der Waals surface area contributed by atoms with E-state index in [0.717, 1.165) is 28.2 Å². The van der Waals surface area contributed by atoms with E-state index in [0.29, 0.717) is 0 Å². The summed E-state index contributed by atoms with van der Waals surface area (Å²) in [5.41, 5.74) is 2.41. The average molecular weight is 389 g/mol. The fourth-order valence-electron chi connectivity index (χ4n) is 2.88. The number of thiophene rings is 1. The number of thioether (sulfide) groups is 1. The predicted molar refractivity (Wildman–Crippen MR) is 106 cm³/mol. The van der Waals surface area contributed by atoms with Crippen molar-refractivity contribution >= 4 is 28.8 Å². The van der Waals surface area contributed by atoms with Crippen molar-refractivity contribution < 1.29 is 10.1 Å². The van der Waals surface area contributed by atoms with Gasteiger partial charge >= 0.3 is 0 Å². The van der Waals surface area contributed by atoms with Gasteiger partial charge in [-0.15, -0.1) is 16.4 Å². The number of nitrogens with one attached hydrogen (secondary N) is 1. The number of H-pyrrole nitrogens is 1. The zero-order valence-electron chi connectivity index (χ0n) is 14.8. The average Bonchev–Trinajstić information content (AvgIpc) is 3.40. The normalized spacial score (nSPS) is 19.8. The van der Waals surface area contributed by atoms with Gasteiger partial charge in [-0.2, -0.15) is 0 Å². The molecule has 6 nitrogen and oxygen atoms in total. The Bertz CT molecular complexity index is 832. The van der Waals surface area contributed by atoms with Gasteiger partial charge in [0.2, 0.25) is 11.4 Å². The highest BCUT2D eigenvalue weighted by molar-refractivity contribution is 7.99. The number of hydrogen-bond donors (Lipinski definition) is 2. The molecule has 136 valence electrons.